The van der Waals surface area contributed by atoms with Crippen molar-refractivity contribution in [3.63, 3.8) is 0 Å². The molecule has 0 spiro atoms. The van der Waals surface area contributed by atoms with Gasteiger partial charge in [-0.1, -0.05) is 43.3 Å². The Kier molecular flexibility index (Phi) is 5.16. The first-order valence-electron chi connectivity index (χ1n) is 6.93. The highest BCUT2D eigenvalue weighted by molar-refractivity contribution is 5.74. The van der Waals surface area contributed by atoms with Gasteiger partial charge in [-0.05, 0) is 41.8 Å². The monoisotopic (exact) mass is 282 g/mol. The smallest absolute Gasteiger partial charge is 0.307 e. The molecule has 0 atom stereocenters. The highest BCUT2D eigenvalue weighted by atomic mass is 16.5. The van der Waals surface area contributed by atoms with Gasteiger partial charge in [-0.15, -0.1) is 0 Å². The molecule has 0 saturated heterocycles. The van der Waals surface area contributed by atoms with E-state index in [0.717, 1.165) is 29.1 Å². The Labute approximate surface area is 124 Å². The topological polar surface area (TPSA) is 46.5 Å². The van der Waals surface area contributed by atoms with Gasteiger partial charge in [0.25, 0.3) is 0 Å². The average molecular weight is 282 g/mol. The third-order valence-corrected chi connectivity index (χ3v) is 3.11. The Morgan fingerprint density at radius 2 is 1.67 bits per heavy atom. The normalized spacial score (nSPS) is 11.2. The van der Waals surface area contributed by atoms with E-state index in [1.54, 1.807) is 6.08 Å². The van der Waals surface area contributed by atoms with Gasteiger partial charge in [-0.2, -0.15) is 0 Å². The summed E-state index contributed by atoms with van der Waals surface area (Å²) >= 11 is 0. The number of ether oxygens (including phenoxy) is 1. The molecule has 2 aromatic rings. The van der Waals surface area contributed by atoms with Crippen LogP contribution in [-0.2, 0) is 4.79 Å². The van der Waals surface area contributed by atoms with E-state index in [4.69, 9.17) is 9.84 Å². The minimum atomic E-state index is -0.815. The Balaban J connectivity index is 2.10. The summed E-state index contributed by atoms with van der Waals surface area (Å²) in [5.74, 6) is 0.742. The fourth-order valence-electron chi connectivity index (χ4n) is 2.04. The van der Waals surface area contributed by atoms with Gasteiger partial charge in [-0.3, -0.25) is 4.79 Å². The van der Waals surface area contributed by atoms with Gasteiger partial charge >= 0.3 is 5.97 Å². The van der Waals surface area contributed by atoms with Crippen molar-refractivity contribution < 1.29 is 14.6 Å². The number of hydrogen-bond donors (Lipinski definition) is 1. The molecule has 108 valence electrons. The number of rotatable bonds is 6. The third kappa shape index (κ3) is 4.49. The minimum Gasteiger partial charge on any atom is -0.481 e. The summed E-state index contributed by atoms with van der Waals surface area (Å²) in [5.41, 5.74) is 2.06. The molecule has 21 heavy (non-hydrogen) atoms. The molecule has 0 fully saturated rings. The highest BCUT2D eigenvalue weighted by Gasteiger charge is 2.02. The Morgan fingerprint density at radius 3 is 2.24 bits per heavy atom. The summed E-state index contributed by atoms with van der Waals surface area (Å²) in [6.45, 7) is 2.02. The van der Waals surface area contributed by atoms with Crippen molar-refractivity contribution in [3.05, 3.63) is 66.2 Å². The van der Waals surface area contributed by atoms with Crippen LogP contribution in [0.2, 0.25) is 0 Å². The number of benzene rings is 2. The summed E-state index contributed by atoms with van der Waals surface area (Å²) in [7, 11) is 0. The first kappa shape index (κ1) is 14.9. The third-order valence-electron chi connectivity index (χ3n) is 3.11. The van der Waals surface area contributed by atoms with Crippen molar-refractivity contribution in [2.45, 2.75) is 19.8 Å². The molecule has 0 saturated carbocycles. The van der Waals surface area contributed by atoms with Gasteiger partial charge in [0.15, 0.2) is 0 Å². The van der Waals surface area contributed by atoms with Gasteiger partial charge in [0.05, 0.1) is 6.42 Å². The number of carbonyl (C=O) groups is 1. The van der Waals surface area contributed by atoms with E-state index in [0.29, 0.717) is 0 Å². The summed E-state index contributed by atoms with van der Waals surface area (Å²) < 4.78 is 5.73. The molecule has 0 unspecified atom stereocenters. The van der Waals surface area contributed by atoms with Gasteiger partial charge in [0.2, 0.25) is 0 Å². The van der Waals surface area contributed by atoms with Gasteiger partial charge in [0, 0.05) is 0 Å². The van der Waals surface area contributed by atoms with Crippen molar-refractivity contribution in [2.24, 2.45) is 0 Å². The quantitative estimate of drug-likeness (QED) is 0.831. The molecule has 3 nitrogen and oxygen atoms in total. The second kappa shape index (κ2) is 7.29. The van der Waals surface area contributed by atoms with Crippen molar-refractivity contribution >= 4 is 11.5 Å². The average Bonchev–Trinajstić information content (AvgIpc) is 2.50. The van der Waals surface area contributed by atoms with Crippen LogP contribution in [0.3, 0.4) is 0 Å². The maximum absolute atomic E-state index is 10.6. The first-order chi connectivity index (χ1) is 10.2. The molecule has 2 aromatic carbocycles. The molecular weight excluding hydrogens is 264 g/mol. The van der Waals surface area contributed by atoms with Crippen LogP contribution in [0.25, 0.3) is 5.57 Å². The molecule has 2 rings (SSSR count). The summed E-state index contributed by atoms with van der Waals surface area (Å²) in [6, 6.07) is 17.3. The van der Waals surface area contributed by atoms with Crippen LogP contribution >= 0.6 is 0 Å². The van der Waals surface area contributed by atoms with Crippen LogP contribution in [0.5, 0.6) is 11.5 Å². The second-order valence-electron chi connectivity index (χ2n) is 4.62. The van der Waals surface area contributed by atoms with E-state index in [1.807, 2.05) is 61.5 Å². The van der Waals surface area contributed by atoms with E-state index >= 15 is 0 Å². The van der Waals surface area contributed by atoms with Crippen LogP contribution in [0, 0.1) is 0 Å². The van der Waals surface area contributed by atoms with Gasteiger partial charge in [-0.25, -0.2) is 0 Å². The Bertz CT molecular complexity index is 613. The zero-order valence-electron chi connectivity index (χ0n) is 12.0. The van der Waals surface area contributed by atoms with Gasteiger partial charge < -0.3 is 9.84 Å². The fraction of sp³-hybridized carbons (Fsp3) is 0.167. The maximum atomic E-state index is 10.6. The molecule has 0 aromatic heterocycles. The predicted octanol–water partition coefficient (Wildman–Crippen LogP) is 4.75. The van der Waals surface area contributed by atoms with Crippen LogP contribution in [-0.4, -0.2) is 11.1 Å². The number of carboxylic acid groups (broad SMARTS) is 1. The van der Waals surface area contributed by atoms with E-state index in [1.165, 1.54) is 0 Å². The second-order valence-corrected chi connectivity index (χ2v) is 4.62. The van der Waals surface area contributed by atoms with E-state index in [2.05, 4.69) is 0 Å². The highest BCUT2D eigenvalue weighted by Crippen LogP contribution is 2.25. The maximum Gasteiger partial charge on any atom is 0.307 e. The summed E-state index contributed by atoms with van der Waals surface area (Å²) in [4.78, 5) is 10.6. The zero-order valence-corrected chi connectivity index (χ0v) is 12.0. The van der Waals surface area contributed by atoms with Crippen molar-refractivity contribution in [2.75, 3.05) is 0 Å². The SMILES string of the molecule is CC/C(=C\CC(=O)O)c1ccc(Oc2ccccc2)cc1. The Morgan fingerprint density at radius 1 is 1.05 bits per heavy atom. The van der Waals surface area contributed by atoms with E-state index in [-0.39, 0.29) is 6.42 Å². The molecule has 0 amide bonds. The number of hydrogen-bond acceptors (Lipinski definition) is 2. The summed E-state index contributed by atoms with van der Waals surface area (Å²) in [6.07, 6.45) is 2.60. The van der Waals surface area contributed by atoms with E-state index < -0.39 is 5.97 Å². The molecule has 0 heterocycles. The molecule has 0 aliphatic carbocycles. The van der Waals surface area contributed by atoms with Crippen LogP contribution in [0.4, 0.5) is 0 Å². The van der Waals surface area contributed by atoms with Crippen molar-refractivity contribution in [1.29, 1.82) is 0 Å². The summed E-state index contributed by atoms with van der Waals surface area (Å²) in [5, 5.41) is 8.75. The minimum absolute atomic E-state index is 0.0471. The lowest BCUT2D eigenvalue weighted by molar-refractivity contribution is -0.135. The molecule has 0 aliphatic rings. The van der Waals surface area contributed by atoms with Crippen molar-refractivity contribution in [3.8, 4) is 11.5 Å². The van der Waals surface area contributed by atoms with Crippen LogP contribution < -0.4 is 4.74 Å². The van der Waals surface area contributed by atoms with Crippen molar-refractivity contribution in [1.82, 2.24) is 0 Å². The predicted molar refractivity (Wildman–Crippen MR) is 83.5 cm³/mol. The Hall–Kier alpha value is -2.55. The standard InChI is InChI=1S/C18H18O3/c1-2-14(10-13-18(19)20)15-8-11-17(12-9-15)21-16-6-4-3-5-7-16/h3-12H,2,13H2,1H3,(H,19,20)/b14-10+. The number of aliphatic carboxylic acids is 1. The molecule has 0 aliphatic heterocycles. The lowest BCUT2D eigenvalue weighted by Crippen LogP contribution is -1.92. The fourth-order valence-corrected chi connectivity index (χ4v) is 2.04. The largest absolute Gasteiger partial charge is 0.481 e. The molecule has 0 bridgehead atoms. The number of para-hydroxylation sites is 1. The zero-order chi connectivity index (χ0) is 15.1. The molecular formula is C18H18O3. The van der Waals surface area contributed by atoms with Gasteiger partial charge in [0.1, 0.15) is 11.5 Å². The lowest BCUT2D eigenvalue weighted by atomic mass is 10.0. The van der Waals surface area contributed by atoms with Crippen LogP contribution in [0.1, 0.15) is 25.3 Å². The number of carboxylic acids is 1. The van der Waals surface area contributed by atoms with Crippen LogP contribution in [0.15, 0.2) is 60.7 Å². The molecule has 1 N–H and O–H groups in total. The molecule has 3 heteroatoms. The lowest BCUT2D eigenvalue weighted by Gasteiger charge is -2.08. The first-order valence-corrected chi connectivity index (χ1v) is 6.93. The van der Waals surface area contributed by atoms with E-state index in [9.17, 15) is 4.79 Å². The number of allylic oxidation sites excluding steroid dienone is 1. The molecule has 0 radical (unpaired) electrons.